The van der Waals surface area contributed by atoms with E-state index in [9.17, 15) is 14.4 Å². The Bertz CT molecular complexity index is 956. The molecule has 2 aromatic carbocycles. The van der Waals surface area contributed by atoms with E-state index in [2.05, 4.69) is 10.6 Å². The number of nitrogens with one attached hydrogen (secondary N) is 2. The van der Waals surface area contributed by atoms with Crippen molar-refractivity contribution in [2.45, 2.75) is 20.3 Å². The number of primary amides is 1. The predicted molar refractivity (Wildman–Crippen MR) is 119 cm³/mol. The highest BCUT2D eigenvalue weighted by Gasteiger charge is 2.12. The lowest BCUT2D eigenvalue weighted by atomic mass is 10.1. The number of benzene rings is 2. The molecule has 0 fully saturated rings. The van der Waals surface area contributed by atoms with E-state index in [-0.39, 0.29) is 18.5 Å². The van der Waals surface area contributed by atoms with Crippen LogP contribution < -0.4 is 25.8 Å². The molecule has 164 valence electrons. The Morgan fingerprint density at radius 2 is 1.71 bits per heavy atom. The van der Waals surface area contributed by atoms with E-state index < -0.39 is 17.7 Å². The van der Waals surface area contributed by atoms with Crippen molar-refractivity contribution < 1.29 is 23.9 Å². The molecule has 0 aliphatic rings. The molecule has 0 heterocycles. The van der Waals surface area contributed by atoms with Crippen molar-refractivity contribution in [3.8, 4) is 11.5 Å². The molecule has 8 nitrogen and oxygen atoms in total. The second kappa shape index (κ2) is 12.0. The number of carbonyl (C=O) groups is 3. The van der Waals surface area contributed by atoms with Gasteiger partial charge in [-0.25, -0.2) is 0 Å². The molecule has 4 N–H and O–H groups in total. The molecule has 2 rings (SSSR count). The highest BCUT2D eigenvalue weighted by Crippen LogP contribution is 2.29. The number of ether oxygens (including phenoxy) is 2. The summed E-state index contributed by atoms with van der Waals surface area (Å²) in [6.07, 6.45) is 3.05. The molecule has 0 radical (unpaired) electrons. The molecule has 0 saturated carbocycles. The van der Waals surface area contributed by atoms with Gasteiger partial charge < -0.3 is 25.8 Å². The summed E-state index contributed by atoms with van der Waals surface area (Å²) in [6.45, 7) is 4.91. The number of rotatable bonds is 11. The first-order valence-electron chi connectivity index (χ1n) is 9.98. The summed E-state index contributed by atoms with van der Waals surface area (Å²) in [5, 5.41) is 5.30. The van der Waals surface area contributed by atoms with Gasteiger partial charge in [0.15, 0.2) is 11.5 Å². The third-order valence-corrected chi connectivity index (χ3v) is 4.08. The smallest absolute Gasteiger partial charge is 0.253 e. The molecule has 2 aromatic rings. The number of para-hydroxylation sites is 1. The van der Waals surface area contributed by atoms with E-state index >= 15 is 0 Å². The normalized spacial score (nSPS) is 10.5. The maximum absolute atomic E-state index is 12.4. The number of amides is 3. The molecule has 3 amide bonds. The third-order valence-electron chi connectivity index (χ3n) is 4.08. The summed E-state index contributed by atoms with van der Waals surface area (Å²) in [5.74, 6) is -0.0702. The minimum absolute atomic E-state index is 0.0365. The van der Waals surface area contributed by atoms with Crippen molar-refractivity contribution in [1.29, 1.82) is 0 Å². The van der Waals surface area contributed by atoms with Crippen molar-refractivity contribution in [3.05, 3.63) is 59.7 Å². The second-order valence-electron chi connectivity index (χ2n) is 6.41. The minimum atomic E-state index is -0.506. The van der Waals surface area contributed by atoms with Crippen LogP contribution in [0.4, 0.5) is 5.69 Å². The Morgan fingerprint density at radius 1 is 1.00 bits per heavy atom. The van der Waals surface area contributed by atoms with E-state index in [4.69, 9.17) is 15.2 Å². The van der Waals surface area contributed by atoms with E-state index in [1.807, 2.05) is 19.9 Å². The number of hydrogen-bond donors (Lipinski definition) is 3. The van der Waals surface area contributed by atoms with Gasteiger partial charge in [-0.3, -0.25) is 14.4 Å². The summed E-state index contributed by atoms with van der Waals surface area (Å²) >= 11 is 0. The lowest BCUT2D eigenvalue weighted by molar-refractivity contribution is -0.118. The fraction of sp³-hybridized carbons (Fsp3) is 0.261. The molecule has 0 aromatic heterocycles. The van der Waals surface area contributed by atoms with Crippen LogP contribution in [0.25, 0.3) is 6.08 Å². The predicted octanol–water partition coefficient (Wildman–Crippen LogP) is 2.74. The van der Waals surface area contributed by atoms with Gasteiger partial charge in [-0.05, 0) is 49.8 Å². The molecule has 0 aliphatic heterocycles. The standard InChI is InChI=1S/C23H27N3O5/c1-3-30-19-11-9-16(15-20(19)31-4-2)10-12-22(28)26-18-8-6-5-7-17(18)23(29)25-14-13-21(24)27/h5-12,15H,3-4,13-14H2,1-2H3,(H2,24,27)(H,25,29)(H,26,28)/b12-10+. The van der Waals surface area contributed by atoms with Gasteiger partial charge in [0.2, 0.25) is 11.8 Å². The SMILES string of the molecule is CCOc1ccc(/C=C/C(=O)Nc2ccccc2C(=O)NCCC(N)=O)cc1OCC. The van der Waals surface area contributed by atoms with Crippen LogP contribution in [0.5, 0.6) is 11.5 Å². The summed E-state index contributed by atoms with van der Waals surface area (Å²) in [7, 11) is 0. The number of carbonyl (C=O) groups excluding carboxylic acids is 3. The van der Waals surface area contributed by atoms with Gasteiger partial charge in [0, 0.05) is 19.0 Å². The topological polar surface area (TPSA) is 120 Å². The fourth-order valence-corrected chi connectivity index (χ4v) is 2.70. The first-order valence-corrected chi connectivity index (χ1v) is 9.98. The fourth-order valence-electron chi connectivity index (χ4n) is 2.70. The zero-order valence-corrected chi connectivity index (χ0v) is 17.6. The van der Waals surface area contributed by atoms with Gasteiger partial charge in [0.05, 0.1) is 24.5 Å². The maximum Gasteiger partial charge on any atom is 0.253 e. The van der Waals surface area contributed by atoms with Gasteiger partial charge in [0.25, 0.3) is 5.91 Å². The summed E-state index contributed by atoms with van der Waals surface area (Å²) in [4.78, 5) is 35.5. The number of nitrogens with two attached hydrogens (primary N) is 1. The van der Waals surface area contributed by atoms with E-state index in [0.29, 0.717) is 30.4 Å². The highest BCUT2D eigenvalue weighted by molar-refractivity contribution is 6.07. The molecular weight excluding hydrogens is 398 g/mol. The summed E-state index contributed by atoms with van der Waals surface area (Å²) in [5.41, 5.74) is 6.48. The lowest BCUT2D eigenvalue weighted by Crippen LogP contribution is -2.28. The minimum Gasteiger partial charge on any atom is -0.490 e. The van der Waals surface area contributed by atoms with Crippen molar-refractivity contribution >= 4 is 29.5 Å². The van der Waals surface area contributed by atoms with Crippen LogP contribution in [-0.4, -0.2) is 37.5 Å². The van der Waals surface area contributed by atoms with E-state index in [1.54, 1.807) is 42.5 Å². The molecule has 8 heteroatoms. The first kappa shape index (κ1) is 23.5. The largest absolute Gasteiger partial charge is 0.490 e. The second-order valence-corrected chi connectivity index (χ2v) is 6.41. The average Bonchev–Trinajstić information content (AvgIpc) is 2.74. The first-order chi connectivity index (χ1) is 14.9. The Balaban J connectivity index is 2.07. The lowest BCUT2D eigenvalue weighted by Gasteiger charge is -2.11. The van der Waals surface area contributed by atoms with Crippen LogP contribution in [0.15, 0.2) is 48.5 Å². The molecule has 31 heavy (non-hydrogen) atoms. The van der Waals surface area contributed by atoms with Gasteiger partial charge in [-0.15, -0.1) is 0 Å². The van der Waals surface area contributed by atoms with Gasteiger partial charge in [0.1, 0.15) is 0 Å². The molecule has 0 unspecified atom stereocenters. The quantitative estimate of drug-likeness (QED) is 0.478. The third kappa shape index (κ3) is 7.50. The highest BCUT2D eigenvalue weighted by atomic mass is 16.5. The van der Waals surface area contributed by atoms with Crippen LogP contribution in [0.3, 0.4) is 0 Å². The van der Waals surface area contributed by atoms with E-state index in [1.165, 1.54) is 6.08 Å². The van der Waals surface area contributed by atoms with Crippen LogP contribution in [0.2, 0.25) is 0 Å². The number of anilines is 1. The zero-order valence-electron chi connectivity index (χ0n) is 17.6. The molecular formula is C23H27N3O5. The molecule has 0 atom stereocenters. The van der Waals surface area contributed by atoms with Crippen molar-refractivity contribution in [3.63, 3.8) is 0 Å². The van der Waals surface area contributed by atoms with Crippen molar-refractivity contribution in [2.75, 3.05) is 25.1 Å². The average molecular weight is 425 g/mol. The van der Waals surface area contributed by atoms with Gasteiger partial charge in [-0.2, -0.15) is 0 Å². The zero-order chi connectivity index (χ0) is 22.6. The van der Waals surface area contributed by atoms with Gasteiger partial charge >= 0.3 is 0 Å². The monoisotopic (exact) mass is 425 g/mol. The van der Waals surface area contributed by atoms with E-state index in [0.717, 1.165) is 5.56 Å². The molecule has 0 spiro atoms. The van der Waals surface area contributed by atoms with Crippen LogP contribution in [-0.2, 0) is 9.59 Å². The Morgan fingerprint density at radius 3 is 2.42 bits per heavy atom. The summed E-state index contributed by atoms with van der Waals surface area (Å²) in [6, 6.07) is 12.0. The van der Waals surface area contributed by atoms with Crippen LogP contribution in [0.1, 0.15) is 36.2 Å². The van der Waals surface area contributed by atoms with Crippen molar-refractivity contribution in [2.24, 2.45) is 5.73 Å². The molecule has 0 saturated heterocycles. The van der Waals surface area contributed by atoms with Crippen LogP contribution in [0, 0.1) is 0 Å². The van der Waals surface area contributed by atoms with Gasteiger partial charge in [-0.1, -0.05) is 18.2 Å². The Hall–Kier alpha value is -3.81. The van der Waals surface area contributed by atoms with Crippen molar-refractivity contribution in [1.82, 2.24) is 5.32 Å². The maximum atomic E-state index is 12.4. The Kier molecular flexibility index (Phi) is 9.10. The summed E-state index contributed by atoms with van der Waals surface area (Å²) < 4.78 is 11.1. The Labute approximate surface area is 181 Å². The molecule has 0 bridgehead atoms. The van der Waals surface area contributed by atoms with Crippen LogP contribution >= 0.6 is 0 Å². The molecule has 0 aliphatic carbocycles. The number of hydrogen-bond acceptors (Lipinski definition) is 5.